The molecule has 0 saturated carbocycles. The third-order valence-corrected chi connectivity index (χ3v) is 3.73. The minimum atomic E-state index is -4.40. The minimum absolute atomic E-state index is 0.355. The lowest BCUT2D eigenvalue weighted by Gasteiger charge is -2.29. The number of hydrogen-bond donors (Lipinski definition) is 1. The van der Waals surface area contributed by atoms with Crippen LogP contribution in [0.1, 0.15) is 50.7 Å². The lowest BCUT2D eigenvalue weighted by molar-refractivity contribution is -0.144. The minimum Gasteiger partial charge on any atom is -0.481 e. The maximum atomic E-state index is 12.5. The Kier molecular flexibility index (Phi) is 5.20. The predicted molar refractivity (Wildman–Crippen MR) is 70.6 cm³/mol. The average molecular weight is 288 g/mol. The molecule has 0 aromatic heterocycles. The number of halogens is 3. The molecule has 0 fully saturated rings. The highest BCUT2D eigenvalue weighted by molar-refractivity contribution is 5.81. The highest BCUT2D eigenvalue weighted by Crippen LogP contribution is 2.36. The van der Waals surface area contributed by atoms with Gasteiger partial charge in [0, 0.05) is 0 Å². The maximum Gasteiger partial charge on any atom is 0.416 e. The van der Waals surface area contributed by atoms with Crippen molar-refractivity contribution in [2.75, 3.05) is 0 Å². The van der Waals surface area contributed by atoms with Crippen LogP contribution in [0.5, 0.6) is 0 Å². The molecular formula is C15H19F3O2. The second-order valence-electron chi connectivity index (χ2n) is 4.92. The first-order chi connectivity index (χ1) is 9.28. The molecule has 0 aliphatic heterocycles. The fourth-order valence-corrected chi connectivity index (χ4v) is 2.36. The Labute approximate surface area is 116 Å². The van der Waals surface area contributed by atoms with E-state index >= 15 is 0 Å². The summed E-state index contributed by atoms with van der Waals surface area (Å²) >= 11 is 0. The molecule has 1 rings (SSSR count). The molecule has 1 N–H and O–H groups in total. The quantitative estimate of drug-likeness (QED) is 0.828. The molecule has 0 saturated heterocycles. The number of hydrogen-bond acceptors (Lipinski definition) is 1. The zero-order chi connectivity index (χ0) is 15.4. The van der Waals surface area contributed by atoms with Crippen molar-refractivity contribution in [3.63, 3.8) is 0 Å². The van der Waals surface area contributed by atoms with E-state index in [1.165, 1.54) is 12.1 Å². The van der Waals surface area contributed by atoms with E-state index in [9.17, 15) is 23.1 Å². The Balaban J connectivity index is 3.18. The van der Waals surface area contributed by atoms with Gasteiger partial charge in [-0.3, -0.25) is 4.79 Å². The standard InChI is InChI=1S/C15H19F3O2/c1-3-5-10-14(4-2,13(19)20)11-6-8-12(9-7-11)15(16,17)18/h6-9H,3-5,10H2,1-2H3,(H,19,20). The maximum absolute atomic E-state index is 12.5. The molecule has 1 aromatic rings. The SMILES string of the molecule is CCCCC(CC)(C(=O)O)c1ccc(C(F)(F)F)cc1. The number of benzene rings is 1. The average Bonchev–Trinajstić information content (AvgIpc) is 2.39. The van der Waals surface area contributed by atoms with E-state index in [0.717, 1.165) is 25.0 Å². The van der Waals surface area contributed by atoms with E-state index in [1.54, 1.807) is 6.92 Å². The van der Waals surface area contributed by atoms with Crippen LogP contribution in [0.15, 0.2) is 24.3 Å². The zero-order valence-corrected chi connectivity index (χ0v) is 11.6. The van der Waals surface area contributed by atoms with Crippen molar-refractivity contribution < 1.29 is 23.1 Å². The Morgan fingerprint density at radius 3 is 1.95 bits per heavy atom. The van der Waals surface area contributed by atoms with Gasteiger partial charge in [-0.15, -0.1) is 0 Å². The molecule has 0 bridgehead atoms. The number of aliphatic carboxylic acids is 1. The Hall–Kier alpha value is -1.52. The summed E-state index contributed by atoms with van der Waals surface area (Å²) in [7, 11) is 0. The van der Waals surface area contributed by atoms with Gasteiger partial charge in [0.2, 0.25) is 0 Å². The van der Waals surface area contributed by atoms with Gasteiger partial charge in [0.25, 0.3) is 0 Å². The summed E-state index contributed by atoms with van der Waals surface area (Å²) in [5, 5.41) is 9.51. The van der Waals surface area contributed by atoms with E-state index < -0.39 is 23.1 Å². The van der Waals surface area contributed by atoms with Gasteiger partial charge >= 0.3 is 12.1 Å². The second-order valence-corrected chi connectivity index (χ2v) is 4.92. The van der Waals surface area contributed by atoms with E-state index in [4.69, 9.17) is 0 Å². The normalized spacial score (nSPS) is 14.8. The molecule has 0 aliphatic rings. The number of carboxylic acids is 1. The Morgan fingerprint density at radius 2 is 1.60 bits per heavy atom. The van der Waals surface area contributed by atoms with Crippen LogP contribution in [0.2, 0.25) is 0 Å². The molecule has 1 atom stereocenters. The highest BCUT2D eigenvalue weighted by Gasteiger charge is 2.38. The van der Waals surface area contributed by atoms with Crippen LogP contribution in [0.3, 0.4) is 0 Å². The molecule has 2 nitrogen and oxygen atoms in total. The summed E-state index contributed by atoms with van der Waals surface area (Å²) in [6.45, 7) is 3.70. The fraction of sp³-hybridized carbons (Fsp3) is 0.533. The first-order valence-corrected chi connectivity index (χ1v) is 6.69. The van der Waals surface area contributed by atoms with E-state index in [2.05, 4.69) is 0 Å². The highest BCUT2D eigenvalue weighted by atomic mass is 19.4. The fourth-order valence-electron chi connectivity index (χ4n) is 2.36. The summed E-state index contributed by atoms with van der Waals surface area (Å²) in [6.07, 6.45) is -2.05. The summed E-state index contributed by atoms with van der Waals surface area (Å²) in [4.78, 5) is 11.6. The molecule has 1 unspecified atom stereocenters. The third kappa shape index (κ3) is 3.32. The van der Waals surface area contributed by atoms with E-state index in [0.29, 0.717) is 18.4 Å². The van der Waals surface area contributed by atoms with Crippen molar-refractivity contribution in [1.82, 2.24) is 0 Å². The number of alkyl halides is 3. The van der Waals surface area contributed by atoms with Gasteiger partial charge in [0.05, 0.1) is 11.0 Å². The molecule has 0 aliphatic carbocycles. The van der Waals surface area contributed by atoms with Crippen molar-refractivity contribution in [2.24, 2.45) is 0 Å². The molecule has 5 heteroatoms. The smallest absolute Gasteiger partial charge is 0.416 e. The van der Waals surface area contributed by atoms with Crippen molar-refractivity contribution >= 4 is 5.97 Å². The van der Waals surface area contributed by atoms with Crippen molar-refractivity contribution in [2.45, 2.75) is 51.1 Å². The summed E-state index contributed by atoms with van der Waals surface area (Å²) in [6, 6.07) is 4.48. The van der Waals surface area contributed by atoms with Crippen LogP contribution in [-0.2, 0) is 16.4 Å². The molecule has 0 amide bonds. The molecule has 112 valence electrons. The van der Waals surface area contributed by atoms with E-state index in [-0.39, 0.29) is 0 Å². The number of carboxylic acid groups (broad SMARTS) is 1. The van der Waals surface area contributed by atoms with Gasteiger partial charge < -0.3 is 5.11 Å². The molecule has 0 spiro atoms. The third-order valence-electron chi connectivity index (χ3n) is 3.73. The molecule has 1 aromatic carbocycles. The van der Waals surface area contributed by atoms with Gasteiger partial charge in [0.1, 0.15) is 0 Å². The van der Waals surface area contributed by atoms with Crippen LogP contribution in [0, 0.1) is 0 Å². The number of unbranched alkanes of at least 4 members (excludes halogenated alkanes) is 1. The van der Waals surface area contributed by atoms with Crippen LogP contribution in [0.25, 0.3) is 0 Å². The second kappa shape index (κ2) is 6.29. The predicted octanol–water partition coefficient (Wildman–Crippen LogP) is 4.63. The summed E-state index contributed by atoms with van der Waals surface area (Å²) in [5.74, 6) is -0.979. The topological polar surface area (TPSA) is 37.3 Å². The van der Waals surface area contributed by atoms with Crippen LogP contribution < -0.4 is 0 Å². The zero-order valence-electron chi connectivity index (χ0n) is 11.6. The number of carbonyl (C=O) groups is 1. The van der Waals surface area contributed by atoms with Gasteiger partial charge in [-0.05, 0) is 30.5 Å². The lowest BCUT2D eigenvalue weighted by atomic mass is 9.74. The van der Waals surface area contributed by atoms with Gasteiger partial charge in [-0.25, -0.2) is 0 Å². The van der Waals surface area contributed by atoms with Crippen molar-refractivity contribution in [3.05, 3.63) is 35.4 Å². The Morgan fingerprint density at radius 1 is 1.10 bits per heavy atom. The van der Waals surface area contributed by atoms with Crippen molar-refractivity contribution in [3.8, 4) is 0 Å². The van der Waals surface area contributed by atoms with Crippen molar-refractivity contribution in [1.29, 1.82) is 0 Å². The molecule has 20 heavy (non-hydrogen) atoms. The lowest BCUT2D eigenvalue weighted by Crippen LogP contribution is -2.35. The van der Waals surface area contributed by atoms with Gasteiger partial charge in [0.15, 0.2) is 0 Å². The number of rotatable bonds is 6. The van der Waals surface area contributed by atoms with Crippen LogP contribution in [0.4, 0.5) is 13.2 Å². The van der Waals surface area contributed by atoms with Crippen LogP contribution >= 0.6 is 0 Å². The molecular weight excluding hydrogens is 269 g/mol. The molecule has 0 radical (unpaired) electrons. The first-order valence-electron chi connectivity index (χ1n) is 6.69. The van der Waals surface area contributed by atoms with E-state index in [1.807, 2.05) is 6.92 Å². The summed E-state index contributed by atoms with van der Waals surface area (Å²) in [5.41, 5.74) is -1.42. The summed E-state index contributed by atoms with van der Waals surface area (Å²) < 4.78 is 37.6. The monoisotopic (exact) mass is 288 g/mol. The van der Waals surface area contributed by atoms with Gasteiger partial charge in [-0.2, -0.15) is 13.2 Å². The van der Waals surface area contributed by atoms with Crippen LogP contribution in [-0.4, -0.2) is 11.1 Å². The molecule has 0 heterocycles. The Bertz CT molecular complexity index is 451. The first kappa shape index (κ1) is 16.5. The largest absolute Gasteiger partial charge is 0.481 e. The van der Waals surface area contributed by atoms with Gasteiger partial charge in [-0.1, -0.05) is 38.8 Å².